The van der Waals surface area contributed by atoms with Gasteiger partial charge in [-0.1, -0.05) is 72.5 Å². The summed E-state index contributed by atoms with van der Waals surface area (Å²) in [4.78, 5) is 26.4. The molecule has 0 atom stereocenters. The maximum absolute atomic E-state index is 12.9. The first-order chi connectivity index (χ1) is 14.6. The van der Waals surface area contributed by atoms with E-state index in [0.29, 0.717) is 5.56 Å². The molecule has 0 unspecified atom stereocenters. The molecule has 150 valence electrons. The molecule has 3 aromatic rings. The molecule has 0 aliphatic carbocycles. The van der Waals surface area contributed by atoms with E-state index >= 15 is 0 Å². The van der Waals surface area contributed by atoms with E-state index in [0.717, 1.165) is 16.7 Å². The molecule has 30 heavy (non-hydrogen) atoms. The van der Waals surface area contributed by atoms with Crippen LogP contribution < -0.4 is 5.32 Å². The first-order valence-electron chi connectivity index (χ1n) is 9.74. The molecule has 1 N–H and O–H groups in total. The molecule has 4 heteroatoms. The number of hydrogen-bond acceptors (Lipinski definition) is 2. The Bertz CT molecular complexity index is 1010. The molecule has 0 saturated heterocycles. The zero-order valence-electron chi connectivity index (χ0n) is 17.1. The van der Waals surface area contributed by atoms with Crippen LogP contribution in [0.2, 0.25) is 0 Å². The lowest BCUT2D eigenvalue weighted by atomic mass is 9.90. The van der Waals surface area contributed by atoms with Crippen molar-refractivity contribution in [2.24, 2.45) is 0 Å². The second kappa shape index (κ2) is 10.1. The third kappa shape index (κ3) is 5.36. The van der Waals surface area contributed by atoms with Crippen molar-refractivity contribution in [2.75, 3.05) is 20.6 Å². The van der Waals surface area contributed by atoms with Gasteiger partial charge in [0.1, 0.15) is 0 Å². The Morgan fingerprint density at radius 3 is 1.87 bits per heavy atom. The summed E-state index contributed by atoms with van der Waals surface area (Å²) in [5.41, 5.74) is 3.29. The molecule has 0 radical (unpaired) electrons. The van der Waals surface area contributed by atoms with E-state index in [-0.39, 0.29) is 24.3 Å². The minimum Gasteiger partial charge on any atom is -0.345 e. The van der Waals surface area contributed by atoms with Crippen LogP contribution in [-0.4, -0.2) is 37.4 Å². The lowest BCUT2D eigenvalue weighted by Gasteiger charge is -2.17. The van der Waals surface area contributed by atoms with E-state index < -0.39 is 0 Å². The van der Waals surface area contributed by atoms with Crippen LogP contribution in [0.15, 0.2) is 84.9 Å². The van der Waals surface area contributed by atoms with Crippen molar-refractivity contribution in [3.05, 3.63) is 107 Å². The molecule has 0 fully saturated rings. The highest BCUT2D eigenvalue weighted by Crippen LogP contribution is 2.24. The largest absolute Gasteiger partial charge is 0.345 e. The minimum atomic E-state index is -0.384. The van der Waals surface area contributed by atoms with Crippen molar-refractivity contribution in [2.45, 2.75) is 5.92 Å². The highest BCUT2D eigenvalue weighted by molar-refractivity contribution is 5.94. The van der Waals surface area contributed by atoms with E-state index in [9.17, 15) is 9.59 Å². The smallest absolute Gasteiger partial charge is 0.253 e. The van der Waals surface area contributed by atoms with Crippen LogP contribution in [0, 0.1) is 11.8 Å². The van der Waals surface area contributed by atoms with Crippen molar-refractivity contribution in [1.29, 1.82) is 0 Å². The maximum Gasteiger partial charge on any atom is 0.253 e. The standard InChI is InChI=1S/C26H24N2O2/c1-28(2)26(30)23-17-15-20(16-18-23)10-9-19-27-25(29)24(21-11-5-3-6-12-21)22-13-7-4-8-14-22/h3-8,11-18,24H,19H2,1-2H3,(H,27,29). The monoisotopic (exact) mass is 396 g/mol. The zero-order valence-corrected chi connectivity index (χ0v) is 17.1. The summed E-state index contributed by atoms with van der Waals surface area (Å²) in [6.07, 6.45) is 0. The summed E-state index contributed by atoms with van der Waals surface area (Å²) in [6, 6.07) is 26.6. The number of carbonyl (C=O) groups excluding carboxylic acids is 2. The van der Waals surface area contributed by atoms with Gasteiger partial charge < -0.3 is 10.2 Å². The minimum absolute atomic E-state index is 0.0466. The molecular formula is C26H24N2O2. The van der Waals surface area contributed by atoms with Crippen molar-refractivity contribution in [3.63, 3.8) is 0 Å². The molecule has 0 aliphatic rings. The van der Waals surface area contributed by atoms with Crippen LogP contribution in [0.25, 0.3) is 0 Å². The van der Waals surface area contributed by atoms with E-state index in [1.807, 2.05) is 72.8 Å². The summed E-state index contributed by atoms with van der Waals surface area (Å²) in [7, 11) is 3.44. The Morgan fingerprint density at radius 1 is 0.833 bits per heavy atom. The lowest BCUT2D eigenvalue weighted by Crippen LogP contribution is -2.30. The normalized spacial score (nSPS) is 10.1. The molecule has 0 heterocycles. The van der Waals surface area contributed by atoms with Gasteiger partial charge in [0.25, 0.3) is 5.91 Å². The summed E-state index contributed by atoms with van der Waals surface area (Å²) >= 11 is 0. The zero-order chi connectivity index (χ0) is 21.3. The molecule has 0 bridgehead atoms. The number of nitrogens with zero attached hydrogens (tertiary/aromatic N) is 1. The highest BCUT2D eigenvalue weighted by atomic mass is 16.2. The number of carbonyl (C=O) groups is 2. The predicted octanol–water partition coefficient (Wildman–Crippen LogP) is 3.69. The van der Waals surface area contributed by atoms with E-state index in [4.69, 9.17) is 0 Å². The number of nitrogens with one attached hydrogen (secondary N) is 1. The van der Waals surface area contributed by atoms with Gasteiger partial charge in [0.05, 0.1) is 12.5 Å². The molecule has 4 nitrogen and oxygen atoms in total. The first-order valence-corrected chi connectivity index (χ1v) is 9.74. The van der Waals surface area contributed by atoms with Gasteiger partial charge in [-0.15, -0.1) is 0 Å². The molecule has 3 rings (SSSR count). The van der Waals surface area contributed by atoms with Gasteiger partial charge in [0.15, 0.2) is 0 Å². The van der Waals surface area contributed by atoms with E-state index in [1.54, 1.807) is 26.2 Å². The second-order valence-corrected chi connectivity index (χ2v) is 7.05. The number of rotatable bonds is 5. The van der Waals surface area contributed by atoms with Gasteiger partial charge in [0.2, 0.25) is 5.91 Å². The SMILES string of the molecule is CN(C)C(=O)c1ccc(C#CCNC(=O)C(c2ccccc2)c2ccccc2)cc1. The summed E-state index contributed by atoms with van der Waals surface area (Å²) in [5.74, 6) is 5.49. The third-order valence-electron chi connectivity index (χ3n) is 4.65. The molecule has 0 aliphatic heterocycles. The van der Waals surface area contributed by atoms with Crippen molar-refractivity contribution >= 4 is 11.8 Å². The van der Waals surface area contributed by atoms with Gasteiger partial charge in [-0.25, -0.2) is 0 Å². The summed E-state index contributed by atoms with van der Waals surface area (Å²) in [5, 5.41) is 2.92. The van der Waals surface area contributed by atoms with Crippen molar-refractivity contribution in [1.82, 2.24) is 10.2 Å². The Kier molecular flexibility index (Phi) is 7.02. The van der Waals surface area contributed by atoms with Crippen LogP contribution >= 0.6 is 0 Å². The Balaban J connectivity index is 1.66. The van der Waals surface area contributed by atoms with Gasteiger partial charge in [-0.3, -0.25) is 9.59 Å². The molecular weight excluding hydrogens is 372 g/mol. The van der Waals surface area contributed by atoms with Gasteiger partial charge in [-0.05, 0) is 35.4 Å². The highest BCUT2D eigenvalue weighted by Gasteiger charge is 2.21. The van der Waals surface area contributed by atoms with Crippen molar-refractivity contribution in [3.8, 4) is 11.8 Å². The fourth-order valence-electron chi connectivity index (χ4n) is 3.12. The van der Waals surface area contributed by atoms with Gasteiger partial charge >= 0.3 is 0 Å². The van der Waals surface area contributed by atoms with Crippen molar-refractivity contribution < 1.29 is 9.59 Å². The number of amides is 2. The molecule has 2 amide bonds. The summed E-state index contributed by atoms with van der Waals surface area (Å²) in [6.45, 7) is 0.243. The Morgan fingerprint density at radius 2 is 1.37 bits per heavy atom. The van der Waals surface area contributed by atoms with Crippen LogP contribution in [-0.2, 0) is 4.79 Å². The quantitative estimate of drug-likeness (QED) is 0.669. The molecule has 0 aromatic heterocycles. The lowest BCUT2D eigenvalue weighted by molar-refractivity contribution is -0.121. The van der Waals surface area contributed by atoms with Gasteiger partial charge in [0, 0.05) is 25.2 Å². The van der Waals surface area contributed by atoms with Gasteiger partial charge in [-0.2, -0.15) is 0 Å². The third-order valence-corrected chi connectivity index (χ3v) is 4.65. The average molecular weight is 396 g/mol. The number of benzene rings is 3. The van der Waals surface area contributed by atoms with Crippen LogP contribution in [0.4, 0.5) is 0 Å². The van der Waals surface area contributed by atoms with Crippen LogP contribution in [0.5, 0.6) is 0 Å². The summed E-state index contributed by atoms with van der Waals surface area (Å²) < 4.78 is 0. The second-order valence-electron chi connectivity index (χ2n) is 7.05. The Labute approximate surface area is 177 Å². The van der Waals surface area contributed by atoms with Crippen LogP contribution in [0.3, 0.4) is 0 Å². The van der Waals surface area contributed by atoms with Crippen LogP contribution in [0.1, 0.15) is 33.0 Å². The fourth-order valence-corrected chi connectivity index (χ4v) is 3.12. The first kappa shape index (κ1) is 20.9. The maximum atomic E-state index is 12.9. The molecule has 0 saturated carbocycles. The Hall–Kier alpha value is -3.84. The predicted molar refractivity (Wildman–Crippen MR) is 119 cm³/mol. The van der Waals surface area contributed by atoms with E-state index in [1.165, 1.54) is 4.90 Å². The average Bonchev–Trinajstić information content (AvgIpc) is 2.78. The topological polar surface area (TPSA) is 49.4 Å². The van der Waals surface area contributed by atoms with E-state index in [2.05, 4.69) is 17.2 Å². The number of hydrogen-bond donors (Lipinski definition) is 1. The fraction of sp³-hybridized carbons (Fsp3) is 0.154. The molecule has 3 aromatic carbocycles. The molecule has 0 spiro atoms.